The number of allylic oxidation sites excluding steroid dienone is 4. The summed E-state index contributed by atoms with van der Waals surface area (Å²) in [6.45, 7) is 6.35. The molecule has 0 aromatic rings. The van der Waals surface area contributed by atoms with Crippen LogP contribution in [0.2, 0.25) is 0 Å². The van der Waals surface area contributed by atoms with E-state index in [4.69, 9.17) is 23.2 Å². The van der Waals surface area contributed by atoms with Gasteiger partial charge in [0.05, 0.1) is 16.9 Å². The zero-order chi connectivity index (χ0) is 19.8. The summed E-state index contributed by atoms with van der Waals surface area (Å²) in [6, 6.07) is 0. The average molecular weight is 411 g/mol. The van der Waals surface area contributed by atoms with Gasteiger partial charge in [-0.15, -0.1) is 23.2 Å². The van der Waals surface area contributed by atoms with Crippen LogP contribution in [0.4, 0.5) is 0 Å². The molecule has 0 unspecified atom stereocenters. The maximum absolute atomic E-state index is 12.7. The molecule has 0 spiro atoms. The SMILES string of the molecule is C[C@@H]1C[C@H]2[C@@H]3CCC4=CC(=O)C=C[C@]4(C)[C@@]3(Cl)[C@@H](O)C[C@]2(C)[C@H]1C(=O)CCl. The predicted molar refractivity (Wildman–Crippen MR) is 107 cm³/mol. The zero-order valence-electron chi connectivity index (χ0n) is 16.2. The number of fused-ring (bicyclic) bond motifs is 5. The summed E-state index contributed by atoms with van der Waals surface area (Å²) in [6.07, 6.45) is 7.56. The molecule has 148 valence electrons. The van der Waals surface area contributed by atoms with Gasteiger partial charge in [-0.25, -0.2) is 0 Å². The number of aliphatic hydroxyl groups excluding tert-OH is 1. The minimum atomic E-state index is -0.850. The van der Waals surface area contributed by atoms with Gasteiger partial charge >= 0.3 is 0 Å². The van der Waals surface area contributed by atoms with E-state index >= 15 is 0 Å². The highest BCUT2D eigenvalue weighted by atomic mass is 35.5. The molecule has 0 bridgehead atoms. The second-order valence-corrected chi connectivity index (χ2v) is 10.5. The number of ketones is 2. The number of alkyl halides is 2. The number of rotatable bonds is 2. The lowest BCUT2D eigenvalue weighted by Crippen LogP contribution is -2.66. The molecule has 27 heavy (non-hydrogen) atoms. The van der Waals surface area contributed by atoms with Crippen molar-refractivity contribution in [1.29, 1.82) is 0 Å². The second kappa shape index (κ2) is 6.18. The first-order valence-corrected chi connectivity index (χ1v) is 10.9. The van der Waals surface area contributed by atoms with E-state index in [-0.39, 0.29) is 46.5 Å². The fourth-order valence-electron chi connectivity index (χ4n) is 7.35. The van der Waals surface area contributed by atoms with Gasteiger partial charge in [0.25, 0.3) is 0 Å². The van der Waals surface area contributed by atoms with Crippen molar-refractivity contribution in [1.82, 2.24) is 0 Å². The van der Waals surface area contributed by atoms with Crippen LogP contribution in [0.25, 0.3) is 0 Å². The number of carbonyl (C=O) groups excluding carboxylic acids is 2. The molecule has 0 aromatic carbocycles. The van der Waals surface area contributed by atoms with Gasteiger partial charge in [-0.2, -0.15) is 0 Å². The maximum atomic E-state index is 12.7. The molecule has 8 atom stereocenters. The van der Waals surface area contributed by atoms with Gasteiger partial charge in [-0.3, -0.25) is 9.59 Å². The molecule has 0 heterocycles. The van der Waals surface area contributed by atoms with Gasteiger partial charge in [0.2, 0.25) is 0 Å². The Morgan fingerprint density at radius 2 is 2.04 bits per heavy atom. The van der Waals surface area contributed by atoms with Crippen LogP contribution < -0.4 is 0 Å². The molecule has 4 aliphatic rings. The highest BCUT2D eigenvalue weighted by Gasteiger charge is 2.70. The van der Waals surface area contributed by atoms with Crippen molar-refractivity contribution in [2.24, 2.45) is 34.5 Å². The largest absolute Gasteiger partial charge is 0.391 e. The van der Waals surface area contributed by atoms with Crippen molar-refractivity contribution in [3.8, 4) is 0 Å². The van der Waals surface area contributed by atoms with Crippen molar-refractivity contribution >= 4 is 34.8 Å². The Hall–Kier alpha value is -0.640. The molecule has 1 N–H and O–H groups in total. The van der Waals surface area contributed by atoms with Crippen LogP contribution in [-0.2, 0) is 9.59 Å². The van der Waals surface area contributed by atoms with Crippen LogP contribution >= 0.6 is 23.2 Å². The Bertz CT molecular complexity index is 759. The summed E-state index contributed by atoms with van der Waals surface area (Å²) < 4.78 is 0. The van der Waals surface area contributed by atoms with Gasteiger partial charge in [0.15, 0.2) is 11.6 Å². The first-order chi connectivity index (χ1) is 12.6. The summed E-state index contributed by atoms with van der Waals surface area (Å²) in [5, 5.41) is 11.4. The Morgan fingerprint density at radius 1 is 1.33 bits per heavy atom. The Morgan fingerprint density at radius 3 is 2.70 bits per heavy atom. The third kappa shape index (κ3) is 2.37. The van der Waals surface area contributed by atoms with Crippen molar-refractivity contribution in [2.75, 3.05) is 5.88 Å². The van der Waals surface area contributed by atoms with Gasteiger partial charge in [0, 0.05) is 11.3 Å². The summed E-state index contributed by atoms with van der Waals surface area (Å²) in [7, 11) is 0. The first kappa shape index (κ1) is 19.7. The van der Waals surface area contributed by atoms with E-state index < -0.39 is 16.4 Å². The minimum absolute atomic E-state index is 0.00130. The molecule has 0 amide bonds. The van der Waals surface area contributed by atoms with Crippen LogP contribution in [0.1, 0.15) is 46.5 Å². The van der Waals surface area contributed by atoms with Gasteiger partial charge < -0.3 is 5.11 Å². The van der Waals surface area contributed by atoms with Crippen LogP contribution in [-0.4, -0.2) is 33.5 Å². The number of halogens is 2. The normalized spacial score (nSPS) is 51.3. The summed E-state index contributed by atoms with van der Waals surface area (Å²) in [4.78, 5) is 23.7. The monoisotopic (exact) mass is 410 g/mol. The molecule has 0 aliphatic heterocycles. The van der Waals surface area contributed by atoms with Crippen LogP contribution in [0, 0.1) is 34.5 Å². The van der Waals surface area contributed by atoms with Crippen molar-refractivity contribution in [3.05, 3.63) is 23.8 Å². The summed E-state index contributed by atoms with van der Waals surface area (Å²) in [5.41, 5.74) is 0.215. The molecule has 3 fully saturated rings. The molecule has 4 rings (SSSR count). The molecule has 3 nitrogen and oxygen atoms in total. The first-order valence-electron chi connectivity index (χ1n) is 9.99. The molecule has 0 radical (unpaired) electrons. The highest BCUT2D eigenvalue weighted by molar-refractivity contribution is 6.28. The van der Waals surface area contributed by atoms with Crippen molar-refractivity contribution < 1.29 is 14.7 Å². The maximum Gasteiger partial charge on any atom is 0.178 e. The molecule has 3 saturated carbocycles. The van der Waals surface area contributed by atoms with E-state index in [2.05, 4.69) is 20.8 Å². The Balaban J connectivity index is 1.80. The van der Waals surface area contributed by atoms with E-state index in [1.54, 1.807) is 12.2 Å². The number of carbonyl (C=O) groups is 2. The third-order valence-corrected chi connectivity index (χ3v) is 9.65. The van der Waals surface area contributed by atoms with Crippen LogP contribution in [0.5, 0.6) is 0 Å². The number of Topliss-reactive ketones (excluding diaryl/α,β-unsaturated/α-hetero) is 1. The summed E-state index contributed by atoms with van der Waals surface area (Å²) in [5.74, 6) is 0.612. The molecular weight excluding hydrogens is 383 g/mol. The lowest BCUT2D eigenvalue weighted by atomic mass is 9.46. The smallest absolute Gasteiger partial charge is 0.178 e. The third-order valence-electron chi connectivity index (χ3n) is 8.46. The number of hydrogen-bond acceptors (Lipinski definition) is 3. The van der Waals surface area contributed by atoms with E-state index in [0.717, 1.165) is 24.8 Å². The Labute approximate surface area is 171 Å². The lowest BCUT2D eigenvalue weighted by Gasteiger charge is -2.63. The molecular formula is C22H28Cl2O3. The average Bonchev–Trinajstić information content (AvgIpc) is 2.86. The van der Waals surface area contributed by atoms with E-state index in [1.807, 2.05) is 6.08 Å². The molecule has 4 aliphatic carbocycles. The van der Waals surface area contributed by atoms with Gasteiger partial charge in [0.1, 0.15) is 0 Å². The molecule has 5 heteroatoms. The standard InChI is InChI=1S/C22H28Cl2O3/c1-12-8-16-15-5-4-13-9-14(25)6-7-21(13,3)22(15,24)18(27)10-20(16,2)19(12)17(26)11-23/h6-7,9,12,15-16,18-19,27H,4-5,8,10-11H2,1-3H3/t12-,15+,16+,18+,19-,20+,21+,22+/m1/s1. The van der Waals surface area contributed by atoms with E-state index in [9.17, 15) is 14.7 Å². The number of aliphatic hydroxyl groups is 1. The van der Waals surface area contributed by atoms with Crippen molar-refractivity contribution in [2.45, 2.75) is 57.4 Å². The van der Waals surface area contributed by atoms with Gasteiger partial charge in [-0.1, -0.05) is 32.4 Å². The van der Waals surface area contributed by atoms with E-state index in [1.165, 1.54) is 0 Å². The van der Waals surface area contributed by atoms with E-state index in [0.29, 0.717) is 6.42 Å². The lowest BCUT2D eigenvalue weighted by molar-refractivity contribution is -0.134. The highest BCUT2D eigenvalue weighted by Crippen LogP contribution is 2.70. The fourth-order valence-corrected chi connectivity index (χ4v) is 8.04. The van der Waals surface area contributed by atoms with Crippen LogP contribution in [0.3, 0.4) is 0 Å². The fraction of sp³-hybridized carbons (Fsp3) is 0.727. The number of hydrogen-bond donors (Lipinski definition) is 1. The zero-order valence-corrected chi connectivity index (χ0v) is 17.7. The van der Waals surface area contributed by atoms with Gasteiger partial charge in [-0.05, 0) is 61.0 Å². The minimum Gasteiger partial charge on any atom is -0.391 e. The molecule has 0 aromatic heterocycles. The Kier molecular flexibility index (Phi) is 4.50. The quantitative estimate of drug-likeness (QED) is 0.690. The van der Waals surface area contributed by atoms with Crippen LogP contribution in [0.15, 0.2) is 23.8 Å². The topological polar surface area (TPSA) is 54.4 Å². The van der Waals surface area contributed by atoms with Crippen molar-refractivity contribution in [3.63, 3.8) is 0 Å². The predicted octanol–water partition coefficient (Wildman–Crippen LogP) is 4.30. The summed E-state index contributed by atoms with van der Waals surface area (Å²) >= 11 is 13.3. The second-order valence-electron chi connectivity index (χ2n) is 9.64. The molecule has 0 saturated heterocycles.